The third-order valence-electron chi connectivity index (χ3n) is 2.30. The van der Waals surface area contributed by atoms with Crippen LogP contribution in [0.4, 0.5) is 5.13 Å². The maximum absolute atomic E-state index is 4.43. The van der Waals surface area contributed by atoms with Gasteiger partial charge in [-0.2, -0.15) is 4.37 Å². The zero-order chi connectivity index (χ0) is 13.0. The number of aromatic nitrogens is 4. The van der Waals surface area contributed by atoms with Gasteiger partial charge in [0, 0.05) is 29.8 Å². The van der Waals surface area contributed by atoms with Gasteiger partial charge in [0.15, 0.2) is 0 Å². The summed E-state index contributed by atoms with van der Waals surface area (Å²) in [6.45, 7) is 6.86. The molecule has 0 unspecified atom stereocenters. The molecule has 0 aliphatic heterocycles. The summed E-state index contributed by atoms with van der Waals surface area (Å²) < 4.78 is 4.31. The average Bonchev–Trinajstić information content (AvgIpc) is 2.73. The van der Waals surface area contributed by atoms with Gasteiger partial charge in [-0.1, -0.05) is 13.8 Å². The molecule has 6 heteroatoms. The van der Waals surface area contributed by atoms with Gasteiger partial charge >= 0.3 is 0 Å². The first kappa shape index (κ1) is 12.9. The Morgan fingerprint density at radius 3 is 2.83 bits per heavy atom. The summed E-state index contributed by atoms with van der Waals surface area (Å²) in [5.74, 6) is 2.26. The van der Waals surface area contributed by atoms with Gasteiger partial charge < -0.3 is 5.32 Å². The minimum atomic E-state index is 0.576. The second-order valence-electron chi connectivity index (χ2n) is 4.58. The van der Waals surface area contributed by atoms with Crippen molar-refractivity contribution in [3.05, 3.63) is 29.6 Å². The minimum Gasteiger partial charge on any atom is -0.353 e. The van der Waals surface area contributed by atoms with Crippen molar-refractivity contribution >= 4 is 16.7 Å². The fourth-order valence-corrected chi connectivity index (χ4v) is 2.10. The van der Waals surface area contributed by atoms with Crippen LogP contribution in [0, 0.1) is 12.8 Å². The maximum Gasteiger partial charge on any atom is 0.202 e. The molecular weight excluding hydrogens is 246 g/mol. The quantitative estimate of drug-likeness (QED) is 0.897. The van der Waals surface area contributed by atoms with E-state index < -0.39 is 0 Å². The first-order valence-electron chi connectivity index (χ1n) is 5.98. The van der Waals surface area contributed by atoms with Crippen molar-refractivity contribution < 1.29 is 0 Å². The summed E-state index contributed by atoms with van der Waals surface area (Å²) in [6.07, 6.45) is 2.68. The molecule has 2 aromatic heterocycles. The Morgan fingerprint density at radius 1 is 1.28 bits per heavy atom. The van der Waals surface area contributed by atoms with E-state index in [1.165, 1.54) is 11.5 Å². The number of aryl methyl sites for hydroxylation is 1. The summed E-state index contributed by atoms with van der Waals surface area (Å²) in [5.41, 5.74) is 0.972. The van der Waals surface area contributed by atoms with Crippen LogP contribution in [-0.2, 0) is 13.0 Å². The van der Waals surface area contributed by atoms with E-state index in [9.17, 15) is 0 Å². The number of hydrogen-bond acceptors (Lipinski definition) is 6. The van der Waals surface area contributed by atoms with E-state index in [-0.39, 0.29) is 0 Å². The monoisotopic (exact) mass is 263 g/mol. The lowest BCUT2D eigenvalue weighted by Crippen LogP contribution is -2.04. The molecule has 0 amide bonds. The van der Waals surface area contributed by atoms with E-state index in [0.29, 0.717) is 12.5 Å². The highest BCUT2D eigenvalue weighted by Crippen LogP contribution is 2.14. The van der Waals surface area contributed by atoms with Gasteiger partial charge in [-0.05, 0) is 18.9 Å². The second-order valence-corrected chi connectivity index (χ2v) is 5.33. The van der Waals surface area contributed by atoms with Crippen LogP contribution in [0.15, 0.2) is 12.3 Å². The lowest BCUT2D eigenvalue weighted by molar-refractivity contribution is 0.627. The van der Waals surface area contributed by atoms with E-state index >= 15 is 0 Å². The Kier molecular flexibility index (Phi) is 4.19. The highest BCUT2D eigenvalue weighted by atomic mass is 32.1. The van der Waals surface area contributed by atoms with Gasteiger partial charge in [0.25, 0.3) is 0 Å². The minimum absolute atomic E-state index is 0.576. The Labute approximate surface area is 111 Å². The molecule has 0 saturated heterocycles. The fraction of sp³-hybridized carbons (Fsp3) is 0.500. The van der Waals surface area contributed by atoms with Crippen LogP contribution in [0.3, 0.4) is 0 Å². The molecule has 2 heterocycles. The Balaban J connectivity index is 1.92. The van der Waals surface area contributed by atoms with E-state index in [0.717, 1.165) is 28.9 Å². The van der Waals surface area contributed by atoms with Gasteiger partial charge in [0.05, 0.1) is 6.54 Å². The summed E-state index contributed by atoms with van der Waals surface area (Å²) in [4.78, 5) is 12.9. The fourth-order valence-electron chi connectivity index (χ4n) is 1.51. The predicted molar refractivity (Wildman–Crippen MR) is 72.5 cm³/mol. The van der Waals surface area contributed by atoms with Crippen LogP contribution in [0.2, 0.25) is 0 Å². The molecule has 5 nitrogen and oxygen atoms in total. The molecule has 0 fully saturated rings. The van der Waals surface area contributed by atoms with Crippen molar-refractivity contribution in [2.24, 2.45) is 5.92 Å². The number of hydrogen-bond donors (Lipinski definition) is 1. The summed E-state index contributed by atoms with van der Waals surface area (Å²) in [6, 6.07) is 1.88. The Hall–Kier alpha value is -1.56. The number of nitrogens with zero attached hydrogens (tertiary/aromatic N) is 4. The third-order valence-corrected chi connectivity index (χ3v) is 3.01. The van der Waals surface area contributed by atoms with Crippen molar-refractivity contribution in [2.45, 2.75) is 33.7 Å². The van der Waals surface area contributed by atoms with Gasteiger partial charge in [-0.15, -0.1) is 0 Å². The molecule has 18 heavy (non-hydrogen) atoms. The summed E-state index contributed by atoms with van der Waals surface area (Å²) in [5, 5.41) is 4.03. The van der Waals surface area contributed by atoms with E-state index in [2.05, 4.69) is 38.5 Å². The molecule has 0 aromatic carbocycles. The zero-order valence-corrected chi connectivity index (χ0v) is 11.7. The molecule has 0 aliphatic rings. The second kappa shape index (κ2) is 5.86. The van der Waals surface area contributed by atoms with E-state index in [4.69, 9.17) is 0 Å². The van der Waals surface area contributed by atoms with E-state index in [1.54, 1.807) is 6.20 Å². The first-order chi connectivity index (χ1) is 8.63. The van der Waals surface area contributed by atoms with Gasteiger partial charge in [0.1, 0.15) is 11.6 Å². The van der Waals surface area contributed by atoms with Crippen molar-refractivity contribution in [2.75, 3.05) is 5.32 Å². The van der Waals surface area contributed by atoms with E-state index in [1.807, 2.05) is 13.0 Å². The van der Waals surface area contributed by atoms with Crippen LogP contribution in [0.1, 0.15) is 31.2 Å². The topological polar surface area (TPSA) is 63.6 Å². The number of anilines is 1. The molecule has 0 aliphatic carbocycles. The summed E-state index contributed by atoms with van der Waals surface area (Å²) in [7, 11) is 0. The molecule has 2 aromatic rings. The molecule has 2 rings (SSSR count). The highest BCUT2D eigenvalue weighted by molar-refractivity contribution is 7.09. The van der Waals surface area contributed by atoms with Crippen molar-refractivity contribution in [1.82, 2.24) is 19.3 Å². The highest BCUT2D eigenvalue weighted by Gasteiger charge is 2.06. The van der Waals surface area contributed by atoms with Crippen LogP contribution < -0.4 is 5.32 Å². The van der Waals surface area contributed by atoms with Crippen molar-refractivity contribution in [3.63, 3.8) is 0 Å². The SMILES string of the molecule is Cc1ccnc(CNc2nc(CC(C)C)ns2)n1. The smallest absolute Gasteiger partial charge is 0.202 e. The standard InChI is InChI=1S/C12H17N5S/c1-8(2)6-10-16-12(18-17-10)14-7-11-13-5-4-9(3)15-11/h4-5,8H,6-7H2,1-3H3,(H,14,16,17). The zero-order valence-electron chi connectivity index (χ0n) is 10.8. The lowest BCUT2D eigenvalue weighted by Gasteiger charge is -2.01. The van der Waals surface area contributed by atoms with Crippen LogP contribution in [0.25, 0.3) is 0 Å². The molecule has 0 radical (unpaired) electrons. The third kappa shape index (κ3) is 3.73. The Bertz CT molecular complexity index is 509. The largest absolute Gasteiger partial charge is 0.353 e. The van der Waals surface area contributed by atoms with Gasteiger partial charge in [-0.25, -0.2) is 15.0 Å². The predicted octanol–water partition coefficient (Wildman–Crippen LogP) is 2.45. The summed E-state index contributed by atoms with van der Waals surface area (Å²) >= 11 is 1.39. The molecule has 0 spiro atoms. The van der Waals surface area contributed by atoms with Crippen LogP contribution in [-0.4, -0.2) is 19.3 Å². The lowest BCUT2D eigenvalue weighted by atomic mass is 10.1. The average molecular weight is 263 g/mol. The molecule has 0 saturated carbocycles. The van der Waals surface area contributed by atoms with Crippen molar-refractivity contribution in [1.29, 1.82) is 0 Å². The van der Waals surface area contributed by atoms with Crippen LogP contribution >= 0.6 is 11.5 Å². The number of rotatable bonds is 5. The molecular formula is C12H17N5S. The molecule has 1 N–H and O–H groups in total. The number of nitrogens with one attached hydrogen (secondary N) is 1. The first-order valence-corrected chi connectivity index (χ1v) is 6.76. The molecule has 96 valence electrons. The normalized spacial score (nSPS) is 10.9. The maximum atomic E-state index is 4.43. The van der Waals surface area contributed by atoms with Gasteiger partial charge in [-0.3, -0.25) is 0 Å². The van der Waals surface area contributed by atoms with Gasteiger partial charge in [0.2, 0.25) is 5.13 Å². The van der Waals surface area contributed by atoms with Crippen LogP contribution in [0.5, 0.6) is 0 Å². The molecule has 0 atom stereocenters. The molecule has 0 bridgehead atoms. The van der Waals surface area contributed by atoms with Crippen molar-refractivity contribution in [3.8, 4) is 0 Å². The Morgan fingerprint density at radius 2 is 2.11 bits per heavy atom.